The highest BCUT2D eigenvalue weighted by Crippen LogP contribution is 2.17. The molecule has 1 aliphatic rings. The molecule has 4 heteroatoms. The summed E-state index contributed by atoms with van der Waals surface area (Å²) in [4.78, 5) is 14.3. The summed E-state index contributed by atoms with van der Waals surface area (Å²) in [5.74, 6) is 1.25. The van der Waals surface area contributed by atoms with Gasteiger partial charge in [-0.05, 0) is 30.5 Å². The molecule has 1 heterocycles. The Bertz CT molecular complexity index is 442. The minimum atomic E-state index is 0.0827. The fourth-order valence-corrected chi connectivity index (χ4v) is 2.53. The SMILES string of the molecule is COc1cccc(CCC(C)C(=O)N2CCNCC2)c1. The third kappa shape index (κ3) is 3.97. The Labute approximate surface area is 121 Å². The number of piperazine rings is 1. The maximum absolute atomic E-state index is 12.3. The number of nitrogens with one attached hydrogen (secondary N) is 1. The molecule has 0 aromatic heterocycles. The van der Waals surface area contributed by atoms with E-state index in [4.69, 9.17) is 4.74 Å². The van der Waals surface area contributed by atoms with Gasteiger partial charge in [-0.2, -0.15) is 0 Å². The number of ether oxygens (including phenoxy) is 1. The number of amides is 1. The van der Waals surface area contributed by atoms with E-state index in [0.717, 1.165) is 44.8 Å². The van der Waals surface area contributed by atoms with E-state index < -0.39 is 0 Å². The second-order valence-electron chi connectivity index (χ2n) is 5.37. The minimum absolute atomic E-state index is 0.0827. The summed E-state index contributed by atoms with van der Waals surface area (Å²) in [6.07, 6.45) is 1.80. The largest absolute Gasteiger partial charge is 0.497 e. The topological polar surface area (TPSA) is 41.6 Å². The van der Waals surface area contributed by atoms with Crippen molar-refractivity contribution >= 4 is 5.91 Å². The van der Waals surface area contributed by atoms with Crippen LogP contribution in [0.3, 0.4) is 0 Å². The highest BCUT2D eigenvalue weighted by molar-refractivity contribution is 5.78. The number of rotatable bonds is 5. The average molecular weight is 276 g/mol. The van der Waals surface area contributed by atoms with Crippen molar-refractivity contribution < 1.29 is 9.53 Å². The minimum Gasteiger partial charge on any atom is -0.497 e. The fourth-order valence-electron chi connectivity index (χ4n) is 2.53. The van der Waals surface area contributed by atoms with Crippen molar-refractivity contribution in [3.8, 4) is 5.75 Å². The molecule has 0 bridgehead atoms. The van der Waals surface area contributed by atoms with Gasteiger partial charge in [-0.15, -0.1) is 0 Å². The molecule has 1 N–H and O–H groups in total. The third-order valence-corrected chi connectivity index (χ3v) is 3.85. The van der Waals surface area contributed by atoms with Gasteiger partial charge in [0, 0.05) is 32.1 Å². The maximum atomic E-state index is 12.3. The molecule has 0 saturated carbocycles. The van der Waals surface area contributed by atoms with Crippen molar-refractivity contribution in [2.24, 2.45) is 5.92 Å². The molecule has 1 fully saturated rings. The number of carbonyl (C=O) groups is 1. The van der Waals surface area contributed by atoms with Crippen LogP contribution < -0.4 is 10.1 Å². The smallest absolute Gasteiger partial charge is 0.225 e. The van der Waals surface area contributed by atoms with Gasteiger partial charge in [0.25, 0.3) is 0 Å². The Morgan fingerprint density at radius 1 is 1.40 bits per heavy atom. The van der Waals surface area contributed by atoms with Gasteiger partial charge in [0.1, 0.15) is 5.75 Å². The molecule has 20 heavy (non-hydrogen) atoms. The first kappa shape index (κ1) is 14.9. The van der Waals surface area contributed by atoms with E-state index in [1.54, 1.807) is 7.11 Å². The maximum Gasteiger partial charge on any atom is 0.225 e. The van der Waals surface area contributed by atoms with Crippen LogP contribution in [0.1, 0.15) is 18.9 Å². The lowest BCUT2D eigenvalue weighted by molar-refractivity contribution is -0.135. The van der Waals surface area contributed by atoms with Crippen LogP contribution in [-0.4, -0.2) is 44.1 Å². The van der Waals surface area contributed by atoms with Crippen molar-refractivity contribution in [2.75, 3.05) is 33.3 Å². The third-order valence-electron chi connectivity index (χ3n) is 3.85. The molecule has 4 nitrogen and oxygen atoms in total. The van der Waals surface area contributed by atoms with Crippen LogP contribution in [0.4, 0.5) is 0 Å². The lowest BCUT2D eigenvalue weighted by Gasteiger charge is -2.29. The average Bonchev–Trinajstić information content (AvgIpc) is 2.53. The molecule has 1 aliphatic heterocycles. The molecule has 110 valence electrons. The zero-order valence-corrected chi connectivity index (χ0v) is 12.4. The quantitative estimate of drug-likeness (QED) is 0.890. The van der Waals surface area contributed by atoms with Crippen molar-refractivity contribution in [3.63, 3.8) is 0 Å². The predicted octanol–water partition coefficient (Wildman–Crippen LogP) is 1.70. The Hall–Kier alpha value is -1.55. The van der Waals surface area contributed by atoms with Crippen LogP contribution >= 0.6 is 0 Å². The number of methoxy groups -OCH3 is 1. The Morgan fingerprint density at radius 3 is 2.85 bits per heavy atom. The first-order valence-corrected chi connectivity index (χ1v) is 7.33. The van der Waals surface area contributed by atoms with Gasteiger partial charge in [0.2, 0.25) is 5.91 Å². The predicted molar refractivity (Wildman–Crippen MR) is 79.9 cm³/mol. The van der Waals surface area contributed by atoms with E-state index in [1.807, 2.05) is 30.0 Å². The van der Waals surface area contributed by atoms with E-state index in [1.165, 1.54) is 5.56 Å². The highest BCUT2D eigenvalue weighted by Gasteiger charge is 2.21. The van der Waals surface area contributed by atoms with Gasteiger partial charge in [-0.25, -0.2) is 0 Å². The Kier molecular flexibility index (Phi) is 5.41. The Morgan fingerprint density at radius 2 is 2.15 bits per heavy atom. The van der Waals surface area contributed by atoms with Crippen molar-refractivity contribution in [3.05, 3.63) is 29.8 Å². The molecular formula is C16H24N2O2. The summed E-state index contributed by atoms with van der Waals surface area (Å²) in [6, 6.07) is 8.07. The fraction of sp³-hybridized carbons (Fsp3) is 0.562. The van der Waals surface area contributed by atoms with Gasteiger partial charge in [0.05, 0.1) is 7.11 Å². The van der Waals surface area contributed by atoms with Crippen molar-refractivity contribution in [1.82, 2.24) is 10.2 Å². The summed E-state index contributed by atoms with van der Waals surface area (Å²) in [5, 5.41) is 3.27. The second kappa shape index (κ2) is 7.29. The van der Waals surface area contributed by atoms with E-state index in [0.29, 0.717) is 0 Å². The lowest BCUT2D eigenvalue weighted by Crippen LogP contribution is -2.48. The van der Waals surface area contributed by atoms with Crippen molar-refractivity contribution in [2.45, 2.75) is 19.8 Å². The monoisotopic (exact) mass is 276 g/mol. The number of hydrogen-bond acceptors (Lipinski definition) is 3. The van der Waals surface area contributed by atoms with Gasteiger partial charge in [-0.3, -0.25) is 4.79 Å². The first-order valence-electron chi connectivity index (χ1n) is 7.33. The molecule has 0 radical (unpaired) electrons. The molecule has 2 rings (SSSR count). The molecule has 1 unspecified atom stereocenters. The molecule has 1 saturated heterocycles. The molecule has 1 aromatic carbocycles. The molecule has 1 aromatic rings. The van der Waals surface area contributed by atoms with Crippen LogP contribution in [0.2, 0.25) is 0 Å². The molecule has 0 spiro atoms. The highest BCUT2D eigenvalue weighted by atomic mass is 16.5. The van der Waals surface area contributed by atoms with Crippen LogP contribution in [-0.2, 0) is 11.2 Å². The van der Waals surface area contributed by atoms with Gasteiger partial charge >= 0.3 is 0 Å². The first-order chi connectivity index (χ1) is 9.70. The Balaban J connectivity index is 1.84. The number of aryl methyl sites for hydroxylation is 1. The number of benzene rings is 1. The van der Waals surface area contributed by atoms with E-state index in [2.05, 4.69) is 11.4 Å². The molecule has 1 atom stereocenters. The van der Waals surface area contributed by atoms with E-state index >= 15 is 0 Å². The number of nitrogens with zero attached hydrogens (tertiary/aromatic N) is 1. The zero-order chi connectivity index (χ0) is 14.4. The van der Waals surface area contributed by atoms with Crippen LogP contribution in [0.25, 0.3) is 0 Å². The lowest BCUT2D eigenvalue weighted by atomic mass is 9.99. The van der Waals surface area contributed by atoms with E-state index in [9.17, 15) is 4.79 Å². The summed E-state index contributed by atoms with van der Waals surface area (Å²) >= 11 is 0. The van der Waals surface area contributed by atoms with Crippen LogP contribution in [0.15, 0.2) is 24.3 Å². The van der Waals surface area contributed by atoms with Gasteiger partial charge in [0.15, 0.2) is 0 Å². The van der Waals surface area contributed by atoms with Crippen LogP contribution in [0, 0.1) is 5.92 Å². The summed E-state index contributed by atoms with van der Waals surface area (Å²) in [5.41, 5.74) is 1.23. The van der Waals surface area contributed by atoms with Gasteiger partial charge in [-0.1, -0.05) is 19.1 Å². The standard InChI is InChI=1S/C16H24N2O2/c1-13(16(19)18-10-8-17-9-11-18)6-7-14-4-3-5-15(12-14)20-2/h3-5,12-13,17H,6-11H2,1-2H3. The molecule has 1 amide bonds. The number of hydrogen-bond donors (Lipinski definition) is 1. The summed E-state index contributed by atoms with van der Waals surface area (Å²) < 4.78 is 5.22. The van der Waals surface area contributed by atoms with Crippen molar-refractivity contribution in [1.29, 1.82) is 0 Å². The normalized spacial score (nSPS) is 16.8. The second-order valence-corrected chi connectivity index (χ2v) is 5.37. The van der Waals surface area contributed by atoms with E-state index in [-0.39, 0.29) is 11.8 Å². The number of carbonyl (C=O) groups excluding carboxylic acids is 1. The molecular weight excluding hydrogens is 252 g/mol. The van der Waals surface area contributed by atoms with Crippen LogP contribution in [0.5, 0.6) is 5.75 Å². The van der Waals surface area contributed by atoms with Gasteiger partial charge < -0.3 is 15.0 Å². The summed E-state index contributed by atoms with van der Waals surface area (Å²) in [7, 11) is 1.68. The summed E-state index contributed by atoms with van der Waals surface area (Å²) in [6.45, 7) is 5.53. The molecule has 0 aliphatic carbocycles. The zero-order valence-electron chi connectivity index (χ0n) is 12.4.